The van der Waals surface area contributed by atoms with Crippen LogP contribution in [0.3, 0.4) is 0 Å². The lowest BCUT2D eigenvalue weighted by molar-refractivity contribution is 0.00835. The van der Waals surface area contributed by atoms with E-state index in [9.17, 15) is 9.50 Å². The van der Waals surface area contributed by atoms with E-state index < -0.39 is 11.9 Å². The van der Waals surface area contributed by atoms with Gasteiger partial charge in [0.15, 0.2) is 11.6 Å². The number of nitrogens with zero attached hydrogens (tertiary/aromatic N) is 3. The summed E-state index contributed by atoms with van der Waals surface area (Å²) < 4.78 is 34.0. The third kappa shape index (κ3) is 7.26. The Labute approximate surface area is 218 Å². The van der Waals surface area contributed by atoms with Gasteiger partial charge in [0.25, 0.3) is 0 Å². The molecule has 2 aromatic carbocycles. The van der Waals surface area contributed by atoms with Crippen molar-refractivity contribution >= 4 is 0 Å². The maximum Gasteiger partial charge on any atom is 0.227 e. The summed E-state index contributed by atoms with van der Waals surface area (Å²) in [6, 6.07) is 16.0. The lowest BCUT2D eigenvalue weighted by atomic mass is 10.1. The molecule has 0 saturated carbocycles. The summed E-state index contributed by atoms with van der Waals surface area (Å²) in [6.07, 6.45) is 3.73. The van der Waals surface area contributed by atoms with E-state index in [2.05, 4.69) is 11.5 Å². The number of aliphatic hydroxyl groups excluding tert-OH is 1. The number of hydrogen-bond acceptors (Lipinski definition) is 6. The summed E-state index contributed by atoms with van der Waals surface area (Å²) in [5.41, 5.74) is 2.52. The number of benzene rings is 2. The van der Waals surface area contributed by atoms with Gasteiger partial charge in [0, 0.05) is 26.2 Å². The fraction of sp³-hybridized carbons (Fsp3) is 0.414. The molecule has 3 aromatic rings. The quantitative estimate of drug-likeness (QED) is 0.246. The molecule has 37 heavy (non-hydrogen) atoms. The number of aryl methyl sites for hydroxylation is 1. The number of aliphatic hydroxyl groups is 1. The molecule has 198 valence electrons. The predicted molar refractivity (Wildman–Crippen MR) is 141 cm³/mol. The minimum absolute atomic E-state index is 0.0893. The first-order chi connectivity index (χ1) is 18.1. The van der Waals surface area contributed by atoms with E-state index in [4.69, 9.17) is 19.3 Å². The second-order valence-electron chi connectivity index (χ2n) is 9.17. The fourth-order valence-corrected chi connectivity index (χ4v) is 4.54. The Bertz CT molecular complexity index is 1130. The van der Waals surface area contributed by atoms with Crippen LogP contribution in [0.2, 0.25) is 0 Å². The molecule has 0 aliphatic carbocycles. The molecule has 1 aromatic heterocycles. The summed E-state index contributed by atoms with van der Waals surface area (Å²) in [5, 5.41) is 15.6. The molecule has 1 aliphatic rings. The minimum atomic E-state index is -0.688. The van der Waals surface area contributed by atoms with Gasteiger partial charge >= 0.3 is 0 Å². The molecule has 1 fully saturated rings. The van der Waals surface area contributed by atoms with E-state index >= 15 is 0 Å². The van der Waals surface area contributed by atoms with Gasteiger partial charge in [-0.1, -0.05) is 43.3 Å². The number of halogens is 1. The molecule has 2 atom stereocenters. The molecule has 2 heterocycles. The number of hydrogen-bond donors (Lipinski definition) is 1. The van der Waals surface area contributed by atoms with E-state index in [1.807, 2.05) is 37.3 Å². The van der Waals surface area contributed by atoms with Gasteiger partial charge in [-0.3, -0.25) is 4.90 Å². The number of rotatable bonds is 14. The Hall–Kier alpha value is -3.04. The van der Waals surface area contributed by atoms with Crippen LogP contribution in [-0.4, -0.2) is 64.9 Å². The Morgan fingerprint density at radius 2 is 2.03 bits per heavy atom. The van der Waals surface area contributed by atoms with Gasteiger partial charge in [-0.15, -0.1) is 6.58 Å². The molecule has 4 rings (SSSR count). The third-order valence-electron chi connectivity index (χ3n) is 6.28. The average molecular weight is 510 g/mol. The van der Waals surface area contributed by atoms with Crippen molar-refractivity contribution < 1.29 is 23.7 Å². The van der Waals surface area contributed by atoms with Crippen LogP contribution in [0.1, 0.15) is 31.0 Å². The number of ether oxygens (including phenoxy) is 3. The molecular weight excluding hydrogens is 473 g/mol. The van der Waals surface area contributed by atoms with Gasteiger partial charge < -0.3 is 19.3 Å². The monoisotopic (exact) mass is 509 g/mol. The van der Waals surface area contributed by atoms with Gasteiger partial charge in [0.05, 0.1) is 42.4 Å². The highest BCUT2D eigenvalue weighted by atomic mass is 19.1. The summed E-state index contributed by atoms with van der Waals surface area (Å²) in [7, 11) is 0. The Morgan fingerprint density at radius 3 is 2.73 bits per heavy atom. The van der Waals surface area contributed by atoms with Gasteiger partial charge in [0.2, 0.25) is 5.88 Å². The predicted octanol–water partition coefficient (Wildman–Crippen LogP) is 4.91. The lowest BCUT2D eigenvalue weighted by Crippen LogP contribution is -2.39. The van der Waals surface area contributed by atoms with Gasteiger partial charge in [-0.2, -0.15) is 5.10 Å². The molecule has 7 nitrogen and oxygen atoms in total. The van der Waals surface area contributed by atoms with E-state index in [1.165, 1.54) is 6.07 Å². The van der Waals surface area contributed by atoms with Crippen LogP contribution >= 0.6 is 0 Å². The van der Waals surface area contributed by atoms with E-state index in [-0.39, 0.29) is 18.5 Å². The van der Waals surface area contributed by atoms with Gasteiger partial charge in [0.1, 0.15) is 0 Å². The van der Waals surface area contributed by atoms with Crippen LogP contribution in [0.25, 0.3) is 5.69 Å². The molecule has 0 amide bonds. The maximum atomic E-state index is 14.6. The first-order valence-corrected chi connectivity index (χ1v) is 12.9. The highest BCUT2D eigenvalue weighted by Crippen LogP contribution is 2.33. The summed E-state index contributed by atoms with van der Waals surface area (Å²) in [5.74, 6) is 0.146. The van der Waals surface area contributed by atoms with E-state index in [1.54, 1.807) is 29.0 Å². The van der Waals surface area contributed by atoms with Crippen molar-refractivity contribution in [3.8, 4) is 17.3 Å². The zero-order chi connectivity index (χ0) is 26.0. The molecule has 1 N–H and O–H groups in total. The normalized spacial score (nSPS) is 16.3. The van der Waals surface area contributed by atoms with Crippen LogP contribution in [-0.2, 0) is 22.4 Å². The second-order valence-corrected chi connectivity index (χ2v) is 9.17. The lowest BCUT2D eigenvalue weighted by Gasteiger charge is -2.27. The maximum absolute atomic E-state index is 14.6. The first kappa shape index (κ1) is 27.0. The van der Waals surface area contributed by atoms with Crippen molar-refractivity contribution in [1.29, 1.82) is 0 Å². The van der Waals surface area contributed by atoms with Crippen LogP contribution in [0.4, 0.5) is 4.39 Å². The Morgan fingerprint density at radius 1 is 1.24 bits per heavy atom. The highest BCUT2D eigenvalue weighted by Gasteiger charge is 2.27. The zero-order valence-electron chi connectivity index (χ0n) is 21.4. The van der Waals surface area contributed by atoms with E-state index in [0.717, 1.165) is 36.4 Å². The summed E-state index contributed by atoms with van der Waals surface area (Å²) in [6.45, 7) is 8.52. The van der Waals surface area contributed by atoms with Crippen molar-refractivity contribution in [1.82, 2.24) is 14.7 Å². The smallest absolute Gasteiger partial charge is 0.227 e. The van der Waals surface area contributed by atoms with Crippen molar-refractivity contribution in [2.24, 2.45) is 0 Å². The molecule has 1 aliphatic heterocycles. The van der Waals surface area contributed by atoms with Crippen molar-refractivity contribution in [3.05, 3.63) is 84.3 Å². The zero-order valence-corrected chi connectivity index (χ0v) is 21.4. The van der Waals surface area contributed by atoms with Crippen molar-refractivity contribution in [3.63, 3.8) is 0 Å². The topological polar surface area (TPSA) is 69.0 Å². The fourth-order valence-electron chi connectivity index (χ4n) is 4.54. The molecule has 8 heteroatoms. The molecule has 0 spiro atoms. The van der Waals surface area contributed by atoms with E-state index in [0.29, 0.717) is 38.5 Å². The largest absolute Gasteiger partial charge is 0.435 e. The molecular formula is C29H36FN3O4. The van der Waals surface area contributed by atoms with Crippen LogP contribution in [0, 0.1) is 5.82 Å². The van der Waals surface area contributed by atoms with Crippen molar-refractivity contribution in [2.45, 2.75) is 44.9 Å². The second kappa shape index (κ2) is 13.5. The SMILES string of the molecule is C=CCOC[C@@H](O)CN(Cc1c(CC)nn(-c2ccccc2)c1Oc1ccccc1F)C[C@@H]1CCCO1. The number of aromatic nitrogens is 2. The first-order valence-electron chi connectivity index (χ1n) is 12.9. The molecule has 1 saturated heterocycles. The molecule has 0 radical (unpaired) electrons. The summed E-state index contributed by atoms with van der Waals surface area (Å²) >= 11 is 0. The Kier molecular flexibility index (Phi) is 9.85. The van der Waals surface area contributed by atoms with Crippen LogP contribution in [0.5, 0.6) is 11.6 Å². The average Bonchev–Trinajstić information content (AvgIpc) is 3.54. The molecule has 0 bridgehead atoms. The van der Waals surface area contributed by atoms with Crippen LogP contribution < -0.4 is 4.74 Å². The minimum Gasteiger partial charge on any atom is -0.435 e. The number of para-hydroxylation sites is 2. The summed E-state index contributed by atoms with van der Waals surface area (Å²) in [4.78, 5) is 2.15. The Balaban J connectivity index is 1.68. The molecule has 0 unspecified atom stereocenters. The van der Waals surface area contributed by atoms with Crippen molar-refractivity contribution in [2.75, 3.05) is 32.9 Å². The van der Waals surface area contributed by atoms with Crippen LogP contribution in [0.15, 0.2) is 67.3 Å². The van der Waals surface area contributed by atoms with Gasteiger partial charge in [-0.25, -0.2) is 9.07 Å². The standard InChI is InChI=1S/C29H36FN3O4/c1-3-16-35-21-23(34)18-32(19-24-13-10-17-36-24)20-25-27(4-2)31-33(22-11-6-5-7-12-22)29(25)37-28-15-9-8-14-26(28)30/h3,5-9,11-12,14-15,23-24,34H,1,4,10,13,16-21H2,2H3/t23-,24-/m0/s1. The third-order valence-corrected chi connectivity index (χ3v) is 6.28. The highest BCUT2D eigenvalue weighted by molar-refractivity contribution is 5.44. The van der Waals surface area contributed by atoms with Gasteiger partial charge in [-0.05, 0) is 43.5 Å².